The topological polar surface area (TPSA) is 54.5 Å². The SMILES string of the molecule is O=C(Nc1ccc2c(n1)C1(CCC(F)(F)CC1)OC2)c1ccc(I)cc1N1CCC2(CC1)CC2. The van der Waals surface area contributed by atoms with Gasteiger partial charge in [0.15, 0.2) is 0 Å². The van der Waals surface area contributed by atoms with E-state index in [2.05, 4.69) is 38.9 Å². The summed E-state index contributed by atoms with van der Waals surface area (Å²) in [5, 5.41) is 2.97. The van der Waals surface area contributed by atoms with E-state index in [-0.39, 0.29) is 31.6 Å². The summed E-state index contributed by atoms with van der Waals surface area (Å²) in [7, 11) is 0. The number of anilines is 2. The van der Waals surface area contributed by atoms with Crippen molar-refractivity contribution in [3.63, 3.8) is 0 Å². The molecule has 4 aliphatic rings. The predicted octanol–water partition coefficient (Wildman–Crippen LogP) is 6.25. The molecule has 0 bridgehead atoms. The van der Waals surface area contributed by atoms with Gasteiger partial charge in [0.25, 0.3) is 5.91 Å². The van der Waals surface area contributed by atoms with Crippen LogP contribution in [0.5, 0.6) is 0 Å². The summed E-state index contributed by atoms with van der Waals surface area (Å²) in [5.74, 6) is -2.40. The van der Waals surface area contributed by atoms with Crippen molar-refractivity contribution in [2.75, 3.05) is 23.3 Å². The van der Waals surface area contributed by atoms with Crippen LogP contribution in [0.15, 0.2) is 30.3 Å². The molecule has 2 aliphatic heterocycles. The highest BCUT2D eigenvalue weighted by Gasteiger charge is 2.49. The minimum absolute atomic E-state index is 0.200. The van der Waals surface area contributed by atoms with E-state index in [1.165, 1.54) is 25.7 Å². The highest BCUT2D eigenvalue weighted by Crippen LogP contribution is 2.54. The maximum absolute atomic E-state index is 13.8. The number of rotatable bonds is 3. The van der Waals surface area contributed by atoms with Gasteiger partial charge in [-0.3, -0.25) is 4.79 Å². The van der Waals surface area contributed by atoms with Crippen molar-refractivity contribution in [2.45, 2.75) is 69.5 Å². The number of alkyl halides is 2. The lowest BCUT2D eigenvalue weighted by atomic mass is 9.80. The molecule has 2 spiro atoms. The second-order valence-electron chi connectivity index (χ2n) is 10.4. The fourth-order valence-electron chi connectivity index (χ4n) is 5.79. The summed E-state index contributed by atoms with van der Waals surface area (Å²) in [6.07, 6.45) is 5.15. The molecule has 34 heavy (non-hydrogen) atoms. The van der Waals surface area contributed by atoms with Gasteiger partial charge in [-0.05, 0) is 90.8 Å². The summed E-state index contributed by atoms with van der Waals surface area (Å²) < 4.78 is 34.7. The maximum Gasteiger partial charge on any atom is 0.258 e. The van der Waals surface area contributed by atoms with Crippen LogP contribution in [-0.4, -0.2) is 29.9 Å². The Morgan fingerprint density at radius 3 is 2.44 bits per heavy atom. The Labute approximate surface area is 211 Å². The van der Waals surface area contributed by atoms with Crippen LogP contribution in [0.25, 0.3) is 0 Å². The first-order valence-corrected chi connectivity index (χ1v) is 13.2. The fraction of sp³-hybridized carbons (Fsp3) is 0.538. The quantitative estimate of drug-likeness (QED) is 0.437. The molecule has 0 atom stereocenters. The molecule has 1 aromatic carbocycles. The van der Waals surface area contributed by atoms with E-state index in [0.717, 1.165) is 27.9 Å². The second-order valence-corrected chi connectivity index (χ2v) is 11.7. The Balaban J connectivity index is 1.23. The van der Waals surface area contributed by atoms with Gasteiger partial charge in [-0.1, -0.05) is 6.07 Å². The van der Waals surface area contributed by atoms with Gasteiger partial charge in [0.2, 0.25) is 5.92 Å². The third kappa shape index (κ3) is 4.10. The average Bonchev–Trinajstić information content (AvgIpc) is 3.48. The van der Waals surface area contributed by atoms with Crippen molar-refractivity contribution in [3.05, 3.63) is 50.7 Å². The van der Waals surface area contributed by atoms with Crippen molar-refractivity contribution in [3.8, 4) is 0 Å². The smallest absolute Gasteiger partial charge is 0.258 e. The van der Waals surface area contributed by atoms with Crippen LogP contribution < -0.4 is 10.2 Å². The van der Waals surface area contributed by atoms with Gasteiger partial charge in [-0.15, -0.1) is 0 Å². The molecule has 2 aromatic rings. The zero-order valence-electron chi connectivity index (χ0n) is 19.0. The number of benzene rings is 1. The van der Waals surface area contributed by atoms with Crippen LogP contribution in [0.2, 0.25) is 0 Å². The number of carbonyl (C=O) groups excluding carboxylic acids is 1. The van der Waals surface area contributed by atoms with Gasteiger partial charge in [0.05, 0.1) is 23.6 Å². The summed E-state index contributed by atoms with van der Waals surface area (Å²) in [5.41, 5.74) is 3.03. The molecule has 1 amide bonds. The Morgan fingerprint density at radius 2 is 1.74 bits per heavy atom. The van der Waals surface area contributed by atoms with Gasteiger partial charge in [-0.2, -0.15) is 0 Å². The molecule has 8 heteroatoms. The van der Waals surface area contributed by atoms with Crippen molar-refractivity contribution in [1.29, 1.82) is 0 Å². The minimum atomic E-state index is -2.64. The average molecular weight is 579 g/mol. The third-order valence-corrected chi connectivity index (χ3v) is 8.94. The predicted molar refractivity (Wildman–Crippen MR) is 134 cm³/mol. The van der Waals surface area contributed by atoms with Gasteiger partial charge in [0, 0.05) is 35.1 Å². The van der Waals surface area contributed by atoms with E-state index in [1.807, 2.05) is 18.2 Å². The highest BCUT2D eigenvalue weighted by molar-refractivity contribution is 14.1. The molecule has 1 aromatic heterocycles. The largest absolute Gasteiger partial charge is 0.371 e. The Hall–Kier alpha value is -1.81. The lowest BCUT2D eigenvalue weighted by Crippen LogP contribution is -2.37. The van der Waals surface area contributed by atoms with Crippen molar-refractivity contribution < 1.29 is 18.3 Å². The second kappa shape index (κ2) is 8.11. The molecule has 1 N–H and O–H groups in total. The summed E-state index contributed by atoms with van der Waals surface area (Å²) >= 11 is 2.29. The fourth-order valence-corrected chi connectivity index (χ4v) is 6.27. The van der Waals surface area contributed by atoms with E-state index in [1.54, 1.807) is 6.07 Å². The Bertz CT molecular complexity index is 1130. The van der Waals surface area contributed by atoms with Crippen LogP contribution in [-0.2, 0) is 16.9 Å². The molecular weight excluding hydrogens is 551 g/mol. The zero-order chi connectivity index (χ0) is 23.6. The molecule has 3 heterocycles. The van der Waals surface area contributed by atoms with Gasteiger partial charge >= 0.3 is 0 Å². The standard InChI is InChI=1S/C26H28F2IN3O2/c27-26(28)9-7-25(8-10-26)22-17(16-34-25)1-4-21(30-22)31-23(33)19-3-2-18(29)15-20(19)32-13-11-24(5-6-24)12-14-32/h1-4,15H,5-14,16H2,(H,30,31,33). The lowest BCUT2D eigenvalue weighted by molar-refractivity contribution is -0.132. The van der Waals surface area contributed by atoms with Crippen molar-refractivity contribution in [1.82, 2.24) is 4.98 Å². The molecule has 6 rings (SSSR count). The number of piperidine rings is 1. The van der Waals surface area contributed by atoms with E-state index in [0.29, 0.717) is 29.1 Å². The Kier molecular flexibility index (Phi) is 5.40. The number of aromatic nitrogens is 1. The Morgan fingerprint density at radius 1 is 1.00 bits per heavy atom. The molecule has 180 valence electrons. The van der Waals surface area contributed by atoms with Crippen LogP contribution in [0.1, 0.15) is 73.0 Å². The molecule has 0 radical (unpaired) electrons. The van der Waals surface area contributed by atoms with Crippen LogP contribution in [0.4, 0.5) is 20.3 Å². The number of hydrogen-bond donors (Lipinski definition) is 1. The van der Waals surface area contributed by atoms with E-state index in [9.17, 15) is 13.6 Å². The molecule has 5 nitrogen and oxygen atoms in total. The molecule has 1 saturated heterocycles. The van der Waals surface area contributed by atoms with Gasteiger partial charge < -0.3 is 15.0 Å². The van der Waals surface area contributed by atoms with Crippen molar-refractivity contribution >= 4 is 40.0 Å². The number of pyridine rings is 1. The minimum Gasteiger partial charge on any atom is -0.371 e. The first kappa shape index (κ1) is 22.6. The number of amides is 1. The number of fused-ring (bicyclic) bond motifs is 2. The molecule has 3 fully saturated rings. The van der Waals surface area contributed by atoms with Crippen LogP contribution in [0.3, 0.4) is 0 Å². The van der Waals surface area contributed by atoms with Crippen LogP contribution >= 0.6 is 22.6 Å². The van der Waals surface area contributed by atoms with Crippen LogP contribution in [0, 0.1) is 8.99 Å². The number of halogens is 3. The molecular formula is C26H28F2IN3O2. The third-order valence-electron chi connectivity index (χ3n) is 8.27. The lowest BCUT2D eigenvalue weighted by Gasteiger charge is -2.36. The molecule has 0 unspecified atom stereocenters. The summed E-state index contributed by atoms with van der Waals surface area (Å²) in [6.45, 7) is 2.32. The number of hydrogen-bond acceptors (Lipinski definition) is 4. The van der Waals surface area contributed by atoms with E-state index < -0.39 is 11.5 Å². The van der Waals surface area contributed by atoms with Gasteiger partial charge in [-0.25, -0.2) is 13.8 Å². The number of ether oxygens (including phenoxy) is 1. The zero-order valence-corrected chi connectivity index (χ0v) is 21.2. The first-order chi connectivity index (χ1) is 16.3. The number of nitrogens with zero attached hydrogens (tertiary/aromatic N) is 2. The van der Waals surface area contributed by atoms with E-state index in [4.69, 9.17) is 9.72 Å². The number of carbonyl (C=O) groups is 1. The summed E-state index contributed by atoms with van der Waals surface area (Å²) in [6, 6.07) is 9.60. The monoisotopic (exact) mass is 579 g/mol. The van der Waals surface area contributed by atoms with Crippen molar-refractivity contribution in [2.24, 2.45) is 5.41 Å². The van der Waals surface area contributed by atoms with E-state index >= 15 is 0 Å². The number of nitrogens with one attached hydrogen (secondary N) is 1. The highest BCUT2D eigenvalue weighted by atomic mass is 127. The molecule has 2 aliphatic carbocycles. The molecule has 2 saturated carbocycles. The summed E-state index contributed by atoms with van der Waals surface area (Å²) in [4.78, 5) is 20.4. The first-order valence-electron chi connectivity index (χ1n) is 12.1. The normalized spacial score (nSPS) is 23.7. The van der Waals surface area contributed by atoms with Gasteiger partial charge in [0.1, 0.15) is 11.4 Å². The maximum atomic E-state index is 13.8.